The molecule has 0 saturated heterocycles. The van der Waals surface area contributed by atoms with E-state index in [0.29, 0.717) is 22.2 Å². The largest absolute Gasteiger partial charge is 0.406 e. The molecule has 8 nitrogen and oxygen atoms in total. The van der Waals surface area contributed by atoms with Gasteiger partial charge in [-0.15, -0.1) is 0 Å². The molecule has 3 heterocycles. The van der Waals surface area contributed by atoms with Crippen LogP contribution in [-0.4, -0.2) is 31.4 Å². The Morgan fingerprint density at radius 1 is 1.30 bits per heavy atom. The molecule has 0 aliphatic heterocycles. The topological polar surface area (TPSA) is 104 Å². The lowest BCUT2D eigenvalue weighted by Crippen LogP contribution is -2.22. The summed E-state index contributed by atoms with van der Waals surface area (Å²) >= 11 is 0. The molecule has 3 N–H and O–H groups in total. The molecule has 1 amide bonds. The summed E-state index contributed by atoms with van der Waals surface area (Å²) in [6.07, 6.45) is -1.08. The molecule has 4 rings (SSSR count). The second kappa shape index (κ2) is 7.25. The zero-order chi connectivity index (χ0) is 21.5. The highest BCUT2D eigenvalue weighted by Crippen LogP contribution is 2.32. The number of nitrogens with zero attached hydrogens (tertiary/aromatic N) is 4. The molecule has 30 heavy (non-hydrogen) atoms. The van der Waals surface area contributed by atoms with E-state index in [1.165, 1.54) is 6.07 Å². The van der Waals surface area contributed by atoms with E-state index in [4.69, 9.17) is 10.3 Å². The lowest BCUT2D eigenvalue weighted by Gasteiger charge is -2.11. The number of nitrogens with one attached hydrogen (secondary N) is 1. The predicted molar refractivity (Wildman–Crippen MR) is 102 cm³/mol. The van der Waals surface area contributed by atoms with Gasteiger partial charge in [-0.05, 0) is 24.3 Å². The number of halogens is 3. The Kier molecular flexibility index (Phi) is 4.72. The van der Waals surface area contributed by atoms with Crippen LogP contribution in [0.2, 0.25) is 0 Å². The van der Waals surface area contributed by atoms with Crippen molar-refractivity contribution in [2.75, 3.05) is 5.73 Å². The minimum atomic E-state index is -4.46. The minimum absolute atomic E-state index is 0.0289. The van der Waals surface area contributed by atoms with Crippen molar-refractivity contribution in [2.45, 2.75) is 19.3 Å². The lowest BCUT2D eigenvalue weighted by atomic mass is 10.2. The maximum Gasteiger partial charge on any atom is 0.406 e. The monoisotopic (exact) mass is 418 g/mol. The third-order valence-corrected chi connectivity index (χ3v) is 4.51. The van der Waals surface area contributed by atoms with E-state index in [1.54, 1.807) is 48.3 Å². The maximum absolute atomic E-state index is 13.2. The molecule has 0 spiro atoms. The number of aromatic nitrogens is 4. The zero-order valence-corrected chi connectivity index (χ0v) is 15.8. The molecule has 0 aliphatic rings. The number of carbonyl (C=O) groups is 1. The number of nitrogens with two attached hydrogens (primary N) is 1. The van der Waals surface area contributed by atoms with Gasteiger partial charge in [-0.25, -0.2) is 0 Å². The summed E-state index contributed by atoms with van der Waals surface area (Å²) in [7, 11) is 1.79. The highest BCUT2D eigenvalue weighted by molar-refractivity contribution is 5.95. The Bertz CT molecular complexity index is 1220. The van der Waals surface area contributed by atoms with Crippen LogP contribution in [0.5, 0.6) is 0 Å². The second-order valence-electron chi connectivity index (χ2n) is 6.77. The quantitative estimate of drug-likeness (QED) is 0.485. The first kappa shape index (κ1) is 19.6. The summed E-state index contributed by atoms with van der Waals surface area (Å²) in [6.45, 7) is -1.30. The summed E-state index contributed by atoms with van der Waals surface area (Å²) in [4.78, 5) is 16.3. The summed E-state index contributed by atoms with van der Waals surface area (Å²) in [5, 5.41) is 6.87. The van der Waals surface area contributed by atoms with Gasteiger partial charge in [-0.1, -0.05) is 11.2 Å². The van der Waals surface area contributed by atoms with E-state index in [9.17, 15) is 18.0 Å². The molecule has 0 atom stereocenters. The molecule has 156 valence electrons. The molecular weight excluding hydrogens is 401 g/mol. The second-order valence-corrected chi connectivity index (χ2v) is 6.77. The van der Waals surface area contributed by atoms with Gasteiger partial charge in [-0.2, -0.15) is 18.2 Å². The molecule has 0 saturated carbocycles. The molecule has 0 fully saturated rings. The molecule has 4 aromatic rings. The first-order chi connectivity index (χ1) is 14.2. The summed E-state index contributed by atoms with van der Waals surface area (Å²) < 4.78 is 47.4. The van der Waals surface area contributed by atoms with Gasteiger partial charge in [0.2, 0.25) is 11.7 Å². The van der Waals surface area contributed by atoms with E-state index < -0.39 is 12.7 Å². The van der Waals surface area contributed by atoms with Crippen LogP contribution in [0.1, 0.15) is 16.2 Å². The number of fused-ring (bicyclic) bond motifs is 1. The molecular formula is C19H17F3N6O2. The average molecular weight is 418 g/mol. The number of amides is 1. The Labute approximate surface area is 168 Å². The third kappa shape index (κ3) is 3.86. The van der Waals surface area contributed by atoms with Crippen LogP contribution in [0.15, 0.2) is 47.2 Å². The van der Waals surface area contributed by atoms with E-state index in [0.717, 1.165) is 4.57 Å². The lowest BCUT2D eigenvalue weighted by molar-refractivity contribution is -0.139. The van der Waals surface area contributed by atoms with Crippen molar-refractivity contribution in [1.29, 1.82) is 0 Å². The SMILES string of the molecule is Cn1ccc(C(=O)NCc2nc(-c3cc4c(N)cccc4n3CC(F)(F)F)no2)c1. The van der Waals surface area contributed by atoms with Crippen LogP contribution in [0.4, 0.5) is 18.9 Å². The van der Waals surface area contributed by atoms with Gasteiger partial charge in [0, 0.05) is 30.5 Å². The number of alkyl halides is 3. The molecule has 1 aromatic carbocycles. The van der Waals surface area contributed by atoms with Gasteiger partial charge in [0.25, 0.3) is 5.91 Å². The van der Waals surface area contributed by atoms with Crippen LogP contribution in [0.3, 0.4) is 0 Å². The molecule has 0 bridgehead atoms. The van der Waals surface area contributed by atoms with Gasteiger partial charge < -0.3 is 24.7 Å². The van der Waals surface area contributed by atoms with E-state index in [-0.39, 0.29) is 29.9 Å². The number of rotatable bonds is 5. The molecule has 11 heteroatoms. The highest BCUT2D eigenvalue weighted by Gasteiger charge is 2.31. The van der Waals surface area contributed by atoms with Crippen molar-refractivity contribution in [3.8, 4) is 11.5 Å². The number of hydrogen-bond acceptors (Lipinski definition) is 5. The van der Waals surface area contributed by atoms with Gasteiger partial charge in [0.1, 0.15) is 6.54 Å². The van der Waals surface area contributed by atoms with Crippen LogP contribution < -0.4 is 11.1 Å². The van der Waals surface area contributed by atoms with Gasteiger partial charge in [-0.3, -0.25) is 4.79 Å². The number of aryl methyl sites for hydroxylation is 1. The molecule has 0 aliphatic carbocycles. The van der Waals surface area contributed by atoms with Gasteiger partial charge in [0.15, 0.2) is 0 Å². The van der Waals surface area contributed by atoms with Crippen molar-refractivity contribution in [3.05, 3.63) is 54.2 Å². The smallest absolute Gasteiger partial charge is 0.398 e. The number of hydrogen-bond donors (Lipinski definition) is 2. The van der Waals surface area contributed by atoms with Crippen molar-refractivity contribution < 1.29 is 22.5 Å². The minimum Gasteiger partial charge on any atom is -0.398 e. The number of benzene rings is 1. The molecule has 0 radical (unpaired) electrons. The predicted octanol–water partition coefficient (Wildman–Crippen LogP) is 3.10. The standard InChI is InChI=1S/C19H17F3N6O2/c1-27-6-5-11(9-27)18(29)24-8-16-25-17(26-30-16)15-7-12-13(23)3-2-4-14(12)28(15)10-19(20,21)22/h2-7,9H,8,10,23H2,1H3,(H,24,29). The van der Waals surface area contributed by atoms with E-state index >= 15 is 0 Å². The number of nitrogen functional groups attached to an aromatic ring is 1. The fourth-order valence-corrected chi connectivity index (χ4v) is 3.17. The maximum atomic E-state index is 13.2. The van der Waals surface area contributed by atoms with Gasteiger partial charge >= 0.3 is 6.18 Å². The Morgan fingerprint density at radius 3 is 2.80 bits per heavy atom. The average Bonchev–Trinajstić information content (AvgIpc) is 3.38. The molecule has 3 aromatic heterocycles. The van der Waals surface area contributed by atoms with Crippen molar-refractivity contribution in [2.24, 2.45) is 7.05 Å². The normalized spacial score (nSPS) is 11.9. The summed E-state index contributed by atoms with van der Waals surface area (Å²) in [5.41, 5.74) is 7.14. The first-order valence-corrected chi connectivity index (χ1v) is 8.89. The van der Waals surface area contributed by atoms with Crippen LogP contribution in [-0.2, 0) is 20.1 Å². The first-order valence-electron chi connectivity index (χ1n) is 8.89. The zero-order valence-electron chi connectivity index (χ0n) is 15.8. The van der Waals surface area contributed by atoms with E-state index in [1.807, 2.05) is 0 Å². The van der Waals surface area contributed by atoms with E-state index in [2.05, 4.69) is 15.5 Å². The van der Waals surface area contributed by atoms with Gasteiger partial charge in [0.05, 0.1) is 23.3 Å². The van der Waals surface area contributed by atoms with Crippen molar-refractivity contribution in [3.63, 3.8) is 0 Å². The van der Waals surface area contributed by atoms with Crippen molar-refractivity contribution >= 4 is 22.5 Å². The number of anilines is 1. The van der Waals surface area contributed by atoms with Crippen molar-refractivity contribution in [1.82, 2.24) is 24.6 Å². The fourth-order valence-electron chi connectivity index (χ4n) is 3.17. The summed E-state index contributed by atoms with van der Waals surface area (Å²) in [6, 6.07) is 7.87. The summed E-state index contributed by atoms with van der Waals surface area (Å²) in [5.74, 6) is -0.306. The Hall–Kier alpha value is -3.76. The molecule has 0 unspecified atom stereocenters. The Balaban J connectivity index is 1.61. The Morgan fingerprint density at radius 2 is 2.10 bits per heavy atom. The fraction of sp³-hybridized carbons (Fsp3) is 0.211. The van der Waals surface area contributed by atoms with Crippen LogP contribution in [0.25, 0.3) is 22.4 Å². The third-order valence-electron chi connectivity index (χ3n) is 4.51. The van der Waals surface area contributed by atoms with Crippen LogP contribution in [0, 0.1) is 0 Å². The number of carbonyl (C=O) groups excluding carboxylic acids is 1. The van der Waals surface area contributed by atoms with Crippen LogP contribution >= 0.6 is 0 Å². The highest BCUT2D eigenvalue weighted by atomic mass is 19.4.